The van der Waals surface area contributed by atoms with Gasteiger partial charge in [0.15, 0.2) is 0 Å². The van der Waals surface area contributed by atoms with E-state index in [1.165, 1.54) is 51.7 Å². The summed E-state index contributed by atoms with van der Waals surface area (Å²) in [7, 11) is 0. The Balaban J connectivity index is 0.00000156. The van der Waals surface area contributed by atoms with Crippen molar-refractivity contribution in [3.05, 3.63) is 0 Å². The molecule has 2 unspecified atom stereocenters. The van der Waals surface area contributed by atoms with Crippen molar-refractivity contribution < 1.29 is 4.79 Å². The van der Waals surface area contributed by atoms with E-state index in [-0.39, 0.29) is 30.7 Å². The van der Waals surface area contributed by atoms with Gasteiger partial charge in [0, 0.05) is 18.5 Å². The first-order valence-electron chi connectivity index (χ1n) is 9.93. The fourth-order valence-corrected chi connectivity index (χ4v) is 5.14. The van der Waals surface area contributed by atoms with Gasteiger partial charge < -0.3 is 16.0 Å². The number of amides is 1. The van der Waals surface area contributed by atoms with Crippen molar-refractivity contribution in [1.82, 2.24) is 10.2 Å². The maximum Gasteiger partial charge on any atom is 0.223 e. The lowest BCUT2D eigenvalue weighted by Crippen LogP contribution is -2.49. The minimum absolute atomic E-state index is 0. The highest BCUT2D eigenvalue weighted by atomic mass is 35.5. The SMILES string of the molecule is CCN1CCC(CCNC(=O)C2CC3CCCC(C2)C3N)CC1.Cl.Cl. The van der Waals surface area contributed by atoms with E-state index in [1.807, 2.05) is 0 Å². The van der Waals surface area contributed by atoms with Crippen LogP contribution in [0, 0.1) is 23.7 Å². The van der Waals surface area contributed by atoms with Gasteiger partial charge in [-0.25, -0.2) is 0 Å². The van der Waals surface area contributed by atoms with Crippen LogP contribution in [0.1, 0.15) is 58.3 Å². The van der Waals surface area contributed by atoms with E-state index in [9.17, 15) is 4.79 Å². The zero-order valence-corrected chi connectivity index (χ0v) is 17.3. The Morgan fingerprint density at radius 1 is 1.08 bits per heavy atom. The summed E-state index contributed by atoms with van der Waals surface area (Å²) in [5, 5.41) is 3.24. The van der Waals surface area contributed by atoms with E-state index >= 15 is 0 Å². The predicted molar refractivity (Wildman–Crippen MR) is 108 cm³/mol. The Hall–Kier alpha value is -0.0300. The lowest BCUT2D eigenvalue weighted by atomic mass is 9.65. The second kappa shape index (κ2) is 11.0. The van der Waals surface area contributed by atoms with Gasteiger partial charge in [-0.3, -0.25) is 4.79 Å². The number of nitrogens with zero attached hydrogens (tertiary/aromatic N) is 1. The van der Waals surface area contributed by atoms with Gasteiger partial charge in [-0.2, -0.15) is 0 Å². The van der Waals surface area contributed by atoms with Crippen LogP contribution in [0.15, 0.2) is 0 Å². The summed E-state index contributed by atoms with van der Waals surface area (Å²) >= 11 is 0. The number of nitrogens with two attached hydrogens (primary N) is 1. The number of carbonyl (C=O) groups excluding carboxylic acids is 1. The van der Waals surface area contributed by atoms with Gasteiger partial charge in [0.05, 0.1) is 0 Å². The first-order chi connectivity index (χ1) is 11.2. The number of hydrogen-bond acceptors (Lipinski definition) is 3. The zero-order chi connectivity index (χ0) is 16.2. The summed E-state index contributed by atoms with van der Waals surface area (Å²) in [5.74, 6) is 2.53. The molecule has 0 aromatic heterocycles. The number of rotatable bonds is 5. The van der Waals surface area contributed by atoms with Gasteiger partial charge in [0.2, 0.25) is 5.91 Å². The van der Waals surface area contributed by atoms with Gasteiger partial charge in [-0.1, -0.05) is 13.3 Å². The first-order valence-corrected chi connectivity index (χ1v) is 9.93. The van der Waals surface area contributed by atoms with Crippen LogP contribution >= 0.6 is 24.8 Å². The van der Waals surface area contributed by atoms with E-state index in [0.29, 0.717) is 23.8 Å². The molecule has 1 saturated heterocycles. The Bertz CT molecular complexity index is 388. The van der Waals surface area contributed by atoms with Crippen molar-refractivity contribution in [2.24, 2.45) is 29.4 Å². The van der Waals surface area contributed by atoms with Gasteiger partial charge in [0.25, 0.3) is 0 Å². The Kier molecular flexibility index (Phi) is 10.1. The van der Waals surface area contributed by atoms with Crippen LogP contribution in [-0.2, 0) is 4.79 Å². The van der Waals surface area contributed by atoms with Crippen molar-refractivity contribution in [1.29, 1.82) is 0 Å². The fraction of sp³-hybridized carbons (Fsp3) is 0.947. The van der Waals surface area contributed by atoms with E-state index in [0.717, 1.165) is 31.7 Å². The van der Waals surface area contributed by atoms with E-state index < -0.39 is 0 Å². The molecule has 0 aromatic carbocycles. The molecule has 2 bridgehead atoms. The highest BCUT2D eigenvalue weighted by Crippen LogP contribution is 2.41. The van der Waals surface area contributed by atoms with Crippen molar-refractivity contribution >= 4 is 30.7 Å². The topological polar surface area (TPSA) is 58.4 Å². The molecule has 0 spiro atoms. The maximum atomic E-state index is 12.5. The Labute approximate surface area is 165 Å². The molecule has 25 heavy (non-hydrogen) atoms. The molecule has 3 rings (SSSR count). The molecule has 2 saturated carbocycles. The van der Waals surface area contributed by atoms with Gasteiger partial charge in [0.1, 0.15) is 0 Å². The average molecular weight is 394 g/mol. The molecular weight excluding hydrogens is 357 g/mol. The smallest absolute Gasteiger partial charge is 0.223 e. The van der Waals surface area contributed by atoms with Crippen molar-refractivity contribution in [3.63, 3.8) is 0 Å². The van der Waals surface area contributed by atoms with Crippen LogP contribution in [0.2, 0.25) is 0 Å². The average Bonchev–Trinajstić information content (AvgIpc) is 2.55. The molecule has 1 aliphatic heterocycles. The first kappa shape index (κ1) is 23.0. The van der Waals surface area contributed by atoms with Crippen LogP contribution in [0.25, 0.3) is 0 Å². The zero-order valence-electron chi connectivity index (χ0n) is 15.6. The van der Waals surface area contributed by atoms with E-state index in [1.54, 1.807) is 0 Å². The lowest BCUT2D eigenvalue weighted by Gasteiger charge is -2.43. The molecular formula is C19H37Cl2N3O. The number of carbonyl (C=O) groups is 1. The third kappa shape index (κ3) is 5.98. The normalized spacial score (nSPS) is 33.0. The fourth-order valence-electron chi connectivity index (χ4n) is 5.14. The van der Waals surface area contributed by atoms with Crippen LogP contribution < -0.4 is 11.1 Å². The highest BCUT2D eigenvalue weighted by Gasteiger charge is 2.40. The number of nitrogens with one attached hydrogen (secondary N) is 1. The molecule has 0 aromatic rings. The molecule has 1 amide bonds. The van der Waals surface area contributed by atoms with Crippen LogP contribution in [-0.4, -0.2) is 43.0 Å². The number of fused-ring (bicyclic) bond motifs is 2. The number of piperidine rings is 1. The summed E-state index contributed by atoms with van der Waals surface area (Å²) in [6.45, 7) is 6.76. The van der Waals surface area contributed by atoms with Gasteiger partial charge in [-0.15, -0.1) is 24.8 Å². The highest BCUT2D eigenvalue weighted by molar-refractivity contribution is 5.85. The third-order valence-electron chi connectivity index (χ3n) is 6.79. The largest absolute Gasteiger partial charge is 0.356 e. The summed E-state index contributed by atoms with van der Waals surface area (Å²) in [6.07, 6.45) is 9.58. The second-order valence-electron chi connectivity index (χ2n) is 8.15. The molecule has 0 radical (unpaired) electrons. The Morgan fingerprint density at radius 3 is 2.24 bits per heavy atom. The molecule has 3 aliphatic rings. The number of hydrogen-bond donors (Lipinski definition) is 2. The molecule has 3 N–H and O–H groups in total. The number of halogens is 2. The summed E-state index contributed by atoms with van der Waals surface area (Å²) in [6, 6.07) is 0.358. The van der Waals surface area contributed by atoms with Gasteiger partial charge in [-0.05, 0) is 82.3 Å². The van der Waals surface area contributed by atoms with Crippen LogP contribution in [0.4, 0.5) is 0 Å². The molecule has 3 fully saturated rings. The summed E-state index contributed by atoms with van der Waals surface area (Å²) in [4.78, 5) is 15.0. The van der Waals surface area contributed by atoms with Crippen LogP contribution in [0.5, 0.6) is 0 Å². The van der Waals surface area contributed by atoms with Crippen LogP contribution in [0.3, 0.4) is 0 Å². The lowest BCUT2D eigenvalue weighted by molar-refractivity contribution is -0.127. The van der Waals surface area contributed by atoms with Gasteiger partial charge >= 0.3 is 0 Å². The molecule has 1 heterocycles. The molecule has 2 aliphatic carbocycles. The minimum atomic E-state index is 0. The Morgan fingerprint density at radius 2 is 1.68 bits per heavy atom. The summed E-state index contributed by atoms with van der Waals surface area (Å²) < 4.78 is 0. The second-order valence-corrected chi connectivity index (χ2v) is 8.15. The molecule has 6 heteroatoms. The standard InChI is InChI=1S/C19H35N3O.2ClH/c1-2-22-10-7-14(8-11-22)6-9-21-19(23)17-12-15-4-3-5-16(13-17)18(15)20;;/h14-18H,2-13,20H2,1H3,(H,21,23);2*1H. The minimum Gasteiger partial charge on any atom is -0.356 e. The third-order valence-corrected chi connectivity index (χ3v) is 6.79. The predicted octanol–water partition coefficient (Wildman–Crippen LogP) is 3.22. The molecule has 2 atom stereocenters. The molecule has 4 nitrogen and oxygen atoms in total. The monoisotopic (exact) mass is 393 g/mol. The van der Waals surface area contributed by atoms with Crippen molar-refractivity contribution in [2.45, 2.75) is 64.3 Å². The number of likely N-dealkylation sites (tertiary alicyclic amines) is 1. The maximum absolute atomic E-state index is 12.5. The van der Waals surface area contributed by atoms with Crippen molar-refractivity contribution in [2.75, 3.05) is 26.2 Å². The quantitative estimate of drug-likeness (QED) is 0.753. The van der Waals surface area contributed by atoms with Crippen molar-refractivity contribution in [3.8, 4) is 0 Å². The van der Waals surface area contributed by atoms with E-state index in [4.69, 9.17) is 5.73 Å². The summed E-state index contributed by atoms with van der Waals surface area (Å²) in [5.41, 5.74) is 6.33. The molecule has 148 valence electrons. The van der Waals surface area contributed by atoms with E-state index in [2.05, 4.69) is 17.1 Å².